The maximum Gasteiger partial charge on any atom is 0.308 e. The van der Waals surface area contributed by atoms with E-state index in [1.807, 2.05) is 31.2 Å². The summed E-state index contributed by atoms with van der Waals surface area (Å²) >= 11 is 7.81. The Balaban J connectivity index is 1.27. The normalized spacial score (nSPS) is 14.8. The summed E-state index contributed by atoms with van der Waals surface area (Å²) in [5.74, 6) is 1.61. The molecule has 1 aliphatic rings. The first-order chi connectivity index (χ1) is 14.5. The summed E-state index contributed by atoms with van der Waals surface area (Å²) in [6.45, 7) is 6.08. The predicted octanol–water partition coefficient (Wildman–Crippen LogP) is 5.87. The zero-order valence-corrected chi connectivity index (χ0v) is 18.8. The van der Waals surface area contributed by atoms with Gasteiger partial charge in [0.05, 0.1) is 16.8 Å². The maximum atomic E-state index is 11.1. The fraction of sp³-hybridized carbons (Fsp3) is 0.391. The number of anilines is 1. The van der Waals surface area contributed by atoms with E-state index in [4.69, 9.17) is 26.1 Å². The molecule has 30 heavy (non-hydrogen) atoms. The highest BCUT2D eigenvalue weighted by atomic mass is 35.5. The molecule has 1 fully saturated rings. The number of aryl methyl sites for hydroxylation is 1. The number of carbonyl (C=O) groups is 1. The van der Waals surface area contributed by atoms with E-state index in [1.165, 1.54) is 6.92 Å². The highest BCUT2D eigenvalue weighted by Gasteiger charge is 2.22. The number of esters is 1. The van der Waals surface area contributed by atoms with Crippen LogP contribution in [0.3, 0.4) is 0 Å². The van der Waals surface area contributed by atoms with Gasteiger partial charge in [0.15, 0.2) is 5.13 Å². The smallest absolute Gasteiger partial charge is 0.308 e. The van der Waals surface area contributed by atoms with Crippen molar-refractivity contribution in [2.24, 2.45) is 5.92 Å². The third-order valence-corrected chi connectivity index (χ3v) is 6.74. The van der Waals surface area contributed by atoms with Crippen LogP contribution in [0.5, 0.6) is 11.5 Å². The molecule has 0 radical (unpaired) electrons. The van der Waals surface area contributed by atoms with Crippen molar-refractivity contribution in [3.63, 3.8) is 0 Å². The lowest BCUT2D eigenvalue weighted by molar-refractivity contribution is -0.131. The van der Waals surface area contributed by atoms with Crippen molar-refractivity contribution in [1.82, 2.24) is 4.98 Å². The van der Waals surface area contributed by atoms with Crippen LogP contribution < -0.4 is 14.4 Å². The van der Waals surface area contributed by atoms with E-state index >= 15 is 0 Å². The zero-order chi connectivity index (χ0) is 21.1. The van der Waals surface area contributed by atoms with Gasteiger partial charge in [-0.3, -0.25) is 4.79 Å². The molecule has 0 atom stereocenters. The number of carbonyl (C=O) groups excluding carboxylic acids is 1. The number of rotatable bonds is 6. The second-order valence-electron chi connectivity index (χ2n) is 7.70. The Hall–Kier alpha value is -2.31. The van der Waals surface area contributed by atoms with Gasteiger partial charge in [0.1, 0.15) is 11.5 Å². The third-order valence-electron chi connectivity index (χ3n) is 5.43. The Morgan fingerprint density at radius 1 is 1.23 bits per heavy atom. The van der Waals surface area contributed by atoms with Crippen LogP contribution in [0.4, 0.5) is 5.13 Å². The summed E-state index contributed by atoms with van der Waals surface area (Å²) < 4.78 is 12.3. The van der Waals surface area contributed by atoms with Crippen molar-refractivity contribution < 1.29 is 14.3 Å². The van der Waals surface area contributed by atoms with Crippen molar-refractivity contribution in [2.45, 2.75) is 33.1 Å². The van der Waals surface area contributed by atoms with E-state index < -0.39 is 0 Å². The van der Waals surface area contributed by atoms with Gasteiger partial charge >= 0.3 is 5.97 Å². The topological polar surface area (TPSA) is 51.7 Å². The predicted molar refractivity (Wildman–Crippen MR) is 122 cm³/mol. The molecule has 0 amide bonds. The van der Waals surface area contributed by atoms with Gasteiger partial charge in [-0.15, -0.1) is 0 Å². The highest BCUT2D eigenvalue weighted by Crippen LogP contribution is 2.33. The second kappa shape index (κ2) is 9.23. The largest absolute Gasteiger partial charge is 0.493 e. The first-order valence-corrected chi connectivity index (χ1v) is 11.4. The van der Waals surface area contributed by atoms with Gasteiger partial charge < -0.3 is 14.4 Å². The van der Waals surface area contributed by atoms with Crippen LogP contribution in [-0.2, 0) is 4.79 Å². The molecular weight excluding hydrogens is 420 g/mol. The van der Waals surface area contributed by atoms with E-state index in [0.717, 1.165) is 64.0 Å². The lowest BCUT2D eigenvalue weighted by Gasteiger charge is -2.31. The van der Waals surface area contributed by atoms with Gasteiger partial charge in [0, 0.05) is 31.1 Å². The Morgan fingerprint density at radius 3 is 2.80 bits per heavy atom. The summed E-state index contributed by atoms with van der Waals surface area (Å²) in [7, 11) is 0. The van der Waals surface area contributed by atoms with Gasteiger partial charge in [-0.05, 0) is 61.9 Å². The summed E-state index contributed by atoms with van der Waals surface area (Å²) in [6, 6.07) is 11.4. The van der Waals surface area contributed by atoms with E-state index in [2.05, 4.69) is 4.90 Å². The number of hydrogen-bond donors (Lipinski definition) is 0. The van der Waals surface area contributed by atoms with E-state index in [0.29, 0.717) is 18.3 Å². The van der Waals surface area contributed by atoms with Crippen LogP contribution in [0, 0.1) is 12.8 Å². The van der Waals surface area contributed by atoms with Crippen molar-refractivity contribution in [1.29, 1.82) is 0 Å². The molecule has 1 saturated heterocycles. The summed E-state index contributed by atoms with van der Waals surface area (Å²) in [4.78, 5) is 18.3. The molecule has 0 bridgehead atoms. The van der Waals surface area contributed by atoms with E-state index in [1.54, 1.807) is 23.5 Å². The monoisotopic (exact) mass is 444 g/mol. The molecule has 3 aromatic rings. The number of benzene rings is 2. The lowest BCUT2D eigenvalue weighted by atomic mass is 9.94. The summed E-state index contributed by atoms with van der Waals surface area (Å²) in [5, 5.41) is 1.84. The zero-order valence-electron chi connectivity index (χ0n) is 17.2. The van der Waals surface area contributed by atoms with Crippen molar-refractivity contribution >= 4 is 44.3 Å². The molecule has 0 saturated carbocycles. The molecular formula is C23H25ClN2O3S. The van der Waals surface area contributed by atoms with Crippen molar-refractivity contribution in [3.8, 4) is 11.5 Å². The van der Waals surface area contributed by atoms with Crippen LogP contribution in [0.1, 0.15) is 31.7 Å². The molecule has 5 nitrogen and oxygen atoms in total. The minimum Gasteiger partial charge on any atom is -0.493 e. The van der Waals surface area contributed by atoms with Crippen LogP contribution in [-0.4, -0.2) is 30.6 Å². The van der Waals surface area contributed by atoms with Crippen LogP contribution in [0.2, 0.25) is 5.02 Å². The third kappa shape index (κ3) is 5.05. The molecule has 4 rings (SSSR count). The maximum absolute atomic E-state index is 11.1. The number of halogens is 1. The van der Waals surface area contributed by atoms with Gasteiger partial charge in [-0.1, -0.05) is 29.0 Å². The first-order valence-electron chi connectivity index (χ1n) is 10.2. The minimum absolute atomic E-state index is 0.326. The standard InChI is InChI=1S/C23H25ClN2O3S/c1-15-3-5-19(29-16(2)27)14-21(15)28-12-9-17-7-10-26(11-8-17)23-25-20-6-4-18(24)13-22(20)30-23/h3-6,13-14,17H,7-12H2,1-2H3. The fourth-order valence-electron chi connectivity index (χ4n) is 3.74. The molecule has 7 heteroatoms. The van der Waals surface area contributed by atoms with Crippen LogP contribution >= 0.6 is 22.9 Å². The number of hydrogen-bond acceptors (Lipinski definition) is 6. The Kier molecular flexibility index (Phi) is 6.44. The summed E-state index contributed by atoms with van der Waals surface area (Å²) in [5.41, 5.74) is 2.05. The second-order valence-corrected chi connectivity index (χ2v) is 9.14. The van der Waals surface area contributed by atoms with E-state index in [9.17, 15) is 4.79 Å². The van der Waals surface area contributed by atoms with Gasteiger partial charge in [-0.25, -0.2) is 4.98 Å². The van der Waals surface area contributed by atoms with Gasteiger partial charge in [-0.2, -0.15) is 0 Å². The van der Waals surface area contributed by atoms with Crippen LogP contribution in [0.15, 0.2) is 36.4 Å². The van der Waals surface area contributed by atoms with Gasteiger partial charge in [0.25, 0.3) is 0 Å². The minimum atomic E-state index is -0.326. The quantitative estimate of drug-likeness (QED) is 0.351. The van der Waals surface area contributed by atoms with Crippen LogP contribution in [0.25, 0.3) is 10.2 Å². The highest BCUT2D eigenvalue weighted by molar-refractivity contribution is 7.22. The van der Waals surface area contributed by atoms with Gasteiger partial charge in [0.2, 0.25) is 0 Å². The molecule has 0 aliphatic carbocycles. The molecule has 1 aromatic heterocycles. The lowest BCUT2D eigenvalue weighted by Crippen LogP contribution is -2.34. The van der Waals surface area contributed by atoms with Crippen molar-refractivity contribution in [3.05, 3.63) is 47.0 Å². The summed E-state index contributed by atoms with van der Waals surface area (Å²) in [6.07, 6.45) is 3.28. The molecule has 0 spiro atoms. The Bertz CT molecular complexity index is 1040. The molecule has 2 aromatic carbocycles. The number of aromatic nitrogens is 1. The number of ether oxygens (including phenoxy) is 2. The average molecular weight is 445 g/mol. The molecule has 0 unspecified atom stereocenters. The number of fused-ring (bicyclic) bond motifs is 1. The first kappa shape index (κ1) is 20.9. The number of thiazole rings is 1. The molecule has 0 N–H and O–H groups in total. The fourth-order valence-corrected chi connectivity index (χ4v) is 5.03. The van der Waals surface area contributed by atoms with E-state index in [-0.39, 0.29) is 5.97 Å². The average Bonchev–Trinajstić information content (AvgIpc) is 3.13. The molecule has 1 aliphatic heterocycles. The molecule has 2 heterocycles. The number of piperidine rings is 1. The SMILES string of the molecule is CC(=O)Oc1ccc(C)c(OCCC2CCN(c3nc4ccc(Cl)cc4s3)CC2)c1. The Morgan fingerprint density at radius 2 is 2.03 bits per heavy atom. The Labute approximate surface area is 185 Å². The van der Waals surface area contributed by atoms with Crippen molar-refractivity contribution in [2.75, 3.05) is 24.6 Å². The number of nitrogens with zero attached hydrogens (tertiary/aromatic N) is 2. The molecule has 158 valence electrons.